The molecule has 25 heavy (non-hydrogen) atoms. The number of benzene rings is 2. The first-order chi connectivity index (χ1) is 12.1. The minimum atomic E-state index is -0.354. The van der Waals surface area contributed by atoms with Crippen molar-refractivity contribution in [3.63, 3.8) is 0 Å². The van der Waals surface area contributed by atoms with Gasteiger partial charge in [-0.05, 0) is 84.6 Å². The first-order valence-corrected chi connectivity index (χ1v) is 10.0. The summed E-state index contributed by atoms with van der Waals surface area (Å²) in [5.74, 6) is 3.17. The minimum absolute atomic E-state index is 0.180. The zero-order chi connectivity index (χ0) is 17.4. The Hall–Kier alpha value is -1.34. The van der Waals surface area contributed by atoms with Crippen LogP contribution in [0.15, 0.2) is 42.5 Å². The molecular formula is C23H26ClF. The smallest absolute Gasteiger partial charge is 0.142 e. The maximum Gasteiger partial charge on any atom is 0.142 e. The Balaban J connectivity index is 1.48. The van der Waals surface area contributed by atoms with E-state index in [-0.39, 0.29) is 10.8 Å². The summed E-state index contributed by atoms with van der Waals surface area (Å²) in [5.41, 5.74) is 3.40. The molecule has 2 aliphatic carbocycles. The molecule has 2 aromatic rings. The van der Waals surface area contributed by atoms with E-state index in [1.165, 1.54) is 50.2 Å². The van der Waals surface area contributed by atoms with Gasteiger partial charge < -0.3 is 0 Å². The third-order valence-corrected chi connectivity index (χ3v) is 6.82. The summed E-state index contributed by atoms with van der Waals surface area (Å²) in [5, 5.41) is 0.180. The number of fused-ring (bicyclic) bond motifs is 1. The normalized spacial score (nSPS) is 29.2. The molecule has 0 N–H and O–H groups in total. The number of halogens is 2. The second kappa shape index (κ2) is 7.11. The second-order valence-electron chi connectivity index (χ2n) is 8.20. The standard InChI is InChI=1S/C23H26ClF/c1-15-2-3-20-13-19(9-8-18(20)12-15)16-4-6-17(7-5-16)21-10-11-22(24)23(25)14-21/h4-7,10-11,14-15,18-20H,2-3,8-9,12-13H2,1H3. The van der Waals surface area contributed by atoms with Crippen molar-refractivity contribution in [3.05, 3.63) is 58.9 Å². The zero-order valence-corrected chi connectivity index (χ0v) is 15.6. The third-order valence-electron chi connectivity index (χ3n) is 6.51. The lowest BCUT2D eigenvalue weighted by molar-refractivity contribution is 0.124. The van der Waals surface area contributed by atoms with Gasteiger partial charge in [0.2, 0.25) is 0 Å². The first kappa shape index (κ1) is 17.1. The van der Waals surface area contributed by atoms with Crippen molar-refractivity contribution >= 4 is 11.6 Å². The van der Waals surface area contributed by atoms with Gasteiger partial charge in [-0.3, -0.25) is 0 Å². The molecular weight excluding hydrogens is 331 g/mol. The Bertz CT molecular complexity index is 736. The molecule has 0 radical (unpaired) electrons. The lowest BCUT2D eigenvalue weighted by Crippen LogP contribution is -2.29. The lowest BCUT2D eigenvalue weighted by atomic mass is 9.64. The van der Waals surface area contributed by atoms with E-state index < -0.39 is 0 Å². The Morgan fingerprint density at radius 3 is 2.28 bits per heavy atom. The molecule has 0 aliphatic heterocycles. The average molecular weight is 357 g/mol. The molecule has 4 atom stereocenters. The first-order valence-electron chi connectivity index (χ1n) is 9.65. The fourth-order valence-corrected chi connectivity index (χ4v) is 5.17. The highest BCUT2D eigenvalue weighted by Gasteiger charge is 2.34. The predicted molar refractivity (Wildman–Crippen MR) is 103 cm³/mol. The van der Waals surface area contributed by atoms with Gasteiger partial charge in [-0.25, -0.2) is 4.39 Å². The van der Waals surface area contributed by atoms with Crippen LogP contribution in [0.25, 0.3) is 11.1 Å². The van der Waals surface area contributed by atoms with Crippen molar-refractivity contribution in [1.29, 1.82) is 0 Å². The molecule has 0 heterocycles. The van der Waals surface area contributed by atoms with Gasteiger partial charge in [-0.2, -0.15) is 0 Å². The summed E-state index contributed by atoms with van der Waals surface area (Å²) >= 11 is 5.78. The van der Waals surface area contributed by atoms with E-state index in [1.807, 2.05) is 6.07 Å². The monoisotopic (exact) mass is 356 g/mol. The van der Waals surface area contributed by atoms with Crippen LogP contribution in [0.2, 0.25) is 5.02 Å². The highest BCUT2D eigenvalue weighted by Crippen LogP contribution is 2.47. The maximum absolute atomic E-state index is 13.7. The van der Waals surface area contributed by atoms with E-state index in [2.05, 4.69) is 31.2 Å². The SMILES string of the molecule is CC1CCC2CC(c3ccc(-c4ccc(Cl)c(F)c4)cc3)CCC2C1. The summed E-state index contributed by atoms with van der Waals surface area (Å²) in [4.78, 5) is 0. The molecule has 4 rings (SSSR count). The molecule has 2 fully saturated rings. The zero-order valence-electron chi connectivity index (χ0n) is 14.8. The summed E-state index contributed by atoms with van der Waals surface area (Å²) in [7, 11) is 0. The van der Waals surface area contributed by atoms with Gasteiger partial charge in [0.1, 0.15) is 5.82 Å². The van der Waals surface area contributed by atoms with Crippen LogP contribution >= 0.6 is 11.6 Å². The van der Waals surface area contributed by atoms with Crippen LogP contribution in [0.1, 0.15) is 56.9 Å². The van der Waals surface area contributed by atoms with Crippen LogP contribution < -0.4 is 0 Å². The predicted octanol–water partition coefficient (Wildman–Crippen LogP) is 7.47. The van der Waals surface area contributed by atoms with Crippen LogP contribution in [-0.4, -0.2) is 0 Å². The number of hydrogen-bond acceptors (Lipinski definition) is 0. The van der Waals surface area contributed by atoms with Crippen molar-refractivity contribution in [2.45, 2.75) is 51.4 Å². The Labute approximate surface area is 155 Å². The third kappa shape index (κ3) is 3.62. The van der Waals surface area contributed by atoms with Gasteiger partial charge >= 0.3 is 0 Å². The van der Waals surface area contributed by atoms with E-state index in [9.17, 15) is 4.39 Å². The number of hydrogen-bond donors (Lipinski definition) is 0. The largest absolute Gasteiger partial charge is 0.205 e. The quantitative estimate of drug-likeness (QED) is 0.523. The summed E-state index contributed by atoms with van der Waals surface area (Å²) < 4.78 is 13.7. The van der Waals surface area contributed by atoms with Crippen LogP contribution in [-0.2, 0) is 0 Å². The molecule has 0 spiro atoms. The van der Waals surface area contributed by atoms with E-state index in [4.69, 9.17) is 11.6 Å². The summed E-state index contributed by atoms with van der Waals surface area (Å²) in [6.45, 7) is 2.42. The van der Waals surface area contributed by atoms with E-state index >= 15 is 0 Å². The Morgan fingerprint density at radius 1 is 0.840 bits per heavy atom. The Kier molecular flexibility index (Phi) is 4.86. The van der Waals surface area contributed by atoms with Gasteiger partial charge in [-0.1, -0.05) is 55.3 Å². The minimum Gasteiger partial charge on any atom is -0.205 e. The molecule has 132 valence electrons. The van der Waals surface area contributed by atoms with Gasteiger partial charge in [0, 0.05) is 0 Å². The fourth-order valence-electron chi connectivity index (χ4n) is 5.05. The molecule has 0 aromatic heterocycles. The highest BCUT2D eigenvalue weighted by atomic mass is 35.5. The fraction of sp³-hybridized carbons (Fsp3) is 0.478. The van der Waals surface area contributed by atoms with E-state index in [0.29, 0.717) is 5.92 Å². The van der Waals surface area contributed by atoms with Crippen molar-refractivity contribution in [2.24, 2.45) is 17.8 Å². The molecule has 0 bridgehead atoms. The van der Waals surface area contributed by atoms with Crippen LogP contribution in [0, 0.1) is 23.6 Å². The van der Waals surface area contributed by atoms with Crippen molar-refractivity contribution in [2.75, 3.05) is 0 Å². The topological polar surface area (TPSA) is 0 Å². The number of rotatable bonds is 2. The summed E-state index contributed by atoms with van der Waals surface area (Å²) in [6, 6.07) is 13.8. The van der Waals surface area contributed by atoms with Gasteiger partial charge in [0.15, 0.2) is 0 Å². The molecule has 4 unspecified atom stereocenters. The maximum atomic E-state index is 13.7. The molecule has 2 saturated carbocycles. The van der Waals surface area contributed by atoms with E-state index in [0.717, 1.165) is 28.9 Å². The van der Waals surface area contributed by atoms with Gasteiger partial charge in [0.05, 0.1) is 5.02 Å². The van der Waals surface area contributed by atoms with Gasteiger partial charge in [-0.15, -0.1) is 0 Å². The average Bonchev–Trinajstić information content (AvgIpc) is 2.64. The van der Waals surface area contributed by atoms with Gasteiger partial charge in [0.25, 0.3) is 0 Å². The van der Waals surface area contributed by atoms with E-state index in [1.54, 1.807) is 6.07 Å². The van der Waals surface area contributed by atoms with Crippen molar-refractivity contribution in [1.82, 2.24) is 0 Å². The van der Waals surface area contributed by atoms with Crippen LogP contribution in [0.4, 0.5) is 4.39 Å². The molecule has 0 saturated heterocycles. The van der Waals surface area contributed by atoms with Crippen molar-refractivity contribution in [3.8, 4) is 11.1 Å². The van der Waals surface area contributed by atoms with Crippen molar-refractivity contribution < 1.29 is 4.39 Å². The highest BCUT2D eigenvalue weighted by molar-refractivity contribution is 6.30. The van der Waals surface area contributed by atoms with Crippen LogP contribution in [0.5, 0.6) is 0 Å². The summed E-state index contributed by atoms with van der Waals surface area (Å²) in [6.07, 6.45) is 8.34. The molecule has 2 aliphatic rings. The Morgan fingerprint density at radius 2 is 1.52 bits per heavy atom. The lowest BCUT2D eigenvalue weighted by Gasteiger charge is -2.41. The van der Waals surface area contributed by atoms with Crippen LogP contribution in [0.3, 0.4) is 0 Å². The second-order valence-corrected chi connectivity index (χ2v) is 8.61. The molecule has 2 aromatic carbocycles. The molecule has 2 heteroatoms. The molecule has 0 amide bonds. The molecule has 0 nitrogen and oxygen atoms in total.